The number of hydrogen-bond donors (Lipinski definition) is 1. The highest BCUT2D eigenvalue weighted by atomic mass is 32.2. The Kier molecular flexibility index (Phi) is 3.83. The first kappa shape index (κ1) is 15.0. The molecule has 3 heterocycles. The molecule has 0 spiro atoms. The number of hydrogen-bond acceptors (Lipinski definition) is 5. The van der Waals surface area contributed by atoms with Gasteiger partial charge in [0.15, 0.2) is 9.84 Å². The Bertz CT molecular complexity index is 653. The predicted octanol–water partition coefficient (Wildman–Crippen LogP) is 0.800. The fraction of sp³-hybridized carbons (Fsp3) is 0.643. The molecule has 1 N–H and O–H groups in total. The minimum absolute atomic E-state index is 0.0560. The summed E-state index contributed by atoms with van der Waals surface area (Å²) in [4.78, 5) is 15.7. The number of fused-ring (bicyclic) bond motifs is 1. The first-order valence-corrected chi connectivity index (χ1v) is 9.84. The molecule has 2 aliphatic rings. The van der Waals surface area contributed by atoms with E-state index in [1.807, 2.05) is 6.92 Å². The summed E-state index contributed by atoms with van der Waals surface area (Å²) in [5.41, 5.74) is 0.716. The van der Waals surface area contributed by atoms with Gasteiger partial charge in [-0.1, -0.05) is 0 Å². The summed E-state index contributed by atoms with van der Waals surface area (Å²) in [6, 6.07) is 2.12. The van der Waals surface area contributed by atoms with Gasteiger partial charge in [0.2, 0.25) is 5.91 Å². The van der Waals surface area contributed by atoms with E-state index in [0.29, 0.717) is 13.0 Å². The molecule has 0 aromatic carbocycles. The fourth-order valence-corrected chi connectivity index (χ4v) is 6.11. The lowest BCUT2D eigenvalue weighted by molar-refractivity contribution is -0.124. The van der Waals surface area contributed by atoms with Crippen LogP contribution in [0.5, 0.6) is 0 Å². The summed E-state index contributed by atoms with van der Waals surface area (Å²) in [6.07, 6.45) is 1.50. The number of nitrogens with one attached hydrogen (secondary N) is 1. The predicted molar refractivity (Wildman–Crippen MR) is 83.1 cm³/mol. The second kappa shape index (κ2) is 5.37. The van der Waals surface area contributed by atoms with Crippen molar-refractivity contribution in [3.8, 4) is 0 Å². The van der Waals surface area contributed by atoms with Crippen LogP contribution in [-0.2, 0) is 27.6 Å². The SMILES string of the molecule is CC1(NC(=O)CN2CCc3sccc3C2)CCS(=O)(=O)C1. The van der Waals surface area contributed by atoms with E-state index in [-0.39, 0.29) is 17.4 Å². The summed E-state index contributed by atoms with van der Waals surface area (Å²) in [5.74, 6) is 0.153. The van der Waals surface area contributed by atoms with Gasteiger partial charge in [-0.05, 0) is 36.8 Å². The normalized spacial score (nSPS) is 28.2. The molecule has 0 radical (unpaired) electrons. The van der Waals surface area contributed by atoms with Crippen molar-refractivity contribution < 1.29 is 13.2 Å². The molecule has 5 nitrogen and oxygen atoms in total. The van der Waals surface area contributed by atoms with Crippen LogP contribution in [0.25, 0.3) is 0 Å². The molecule has 7 heteroatoms. The van der Waals surface area contributed by atoms with Crippen molar-refractivity contribution in [1.82, 2.24) is 10.2 Å². The molecule has 1 atom stereocenters. The second-order valence-corrected chi connectivity index (χ2v) is 9.47. The lowest BCUT2D eigenvalue weighted by Crippen LogP contribution is -2.50. The molecule has 1 aromatic heterocycles. The van der Waals surface area contributed by atoms with Gasteiger partial charge in [0.05, 0.1) is 23.6 Å². The maximum absolute atomic E-state index is 12.2. The minimum atomic E-state index is -2.99. The van der Waals surface area contributed by atoms with Crippen molar-refractivity contribution in [2.75, 3.05) is 24.6 Å². The Hall–Kier alpha value is -0.920. The van der Waals surface area contributed by atoms with Crippen LogP contribution in [0.3, 0.4) is 0 Å². The summed E-state index contributed by atoms with van der Waals surface area (Å²) >= 11 is 1.78. The van der Waals surface area contributed by atoms with Gasteiger partial charge in [0.1, 0.15) is 0 Å². The Morgan fingerprint density at radius 1 is 1.52 bits per heavy atom. The van der Waals surface area contributed by atoms with E-state index in [2.05, 4.69) is 21.7 Å². The van der Waals surface area contributed by atoms with Gasteiger partial charge in [-0.25, -0.2) is 8.42 Å². The number of carbonyl (C=O) groups is 1. The third-order valence-electron chi connectivity index (χ3n) is 4.20. The van der Waals surface area contributed by atoms with E-state index in [1.54, 1.807) is 11.3 Å². The topological polar surface area (TPSA) is 66.5 Å². The quantitative estimate of drug-likeness (QED) is 0.891. The summed E-state index contributed by atoms with van der Waals surface area (Å²) < 4.78 is 23.1. The number of sulfone groups is 1. The largest absolute Gasteiger partial charge is 0.349 e. The van der Waals surface area contributed by atoms with Crippen LogP contribution in [0.2, 0.25) is 0 Å². The van der Waals surface area contributed by atoms with Crippen molar-refractivity contribution in [3.05, 3.63) is 21.9 Å². The third kappa shape index (κ3) is 3.46. The highest BCUT2D eigenvalue weighted by Crippen LogP contribution is 2.25. The summed E-state index contributed by atoms with van der Waals surface area (Å²) in [7, 11) is -2.99. The van der Waals surface area contributed by atoms with Gasteiger partial charge in [0.25, 0.3) is 0 Å². The van der Waals surface area contributed by atoms with E-state index in [0.717, 1.165) is 19.5 Å². The Balaban J connectivity index is 1.56. The van der Waals surface area contributed by atoms with Gasteiger partial charge < -0.3 is 5.32 Å². The molecule has 1 aromatic rings. The number of carbonyl (C=O) groups excluding carboxylic acids is 1. The molecule has 3 rings (SSSR count). The maximum Gasteiger partial charge on any atom is 0.234 e. The molecule has 1 saturated heterocycles. The molecule has 21 heavy (non-hydrogen) atoms. The monoisotopic (exact) mass is 328 g/mol. The molecular weight excluding hydrogens is 308 g/mol. The smallest absolute Gasteiger partial charge is 0.234 e. The van der Waals surface area contributed by atoms with Gasteiger partial charge in [0, 0.05) is 18.0 Å². The van der Waals surface area contributed by atoms with E-state index >= 15 is 0 Å². The average molecular weight is 328 g/mol. The number of thiophene rings is 1. The molecular formula is C14H20N2O3S2. The number of amides is 1. The van der Waals surface area contributed by atoms with Crippen LogP contribution in [0, 0.1) is 0 Å². The van der Waals surface area contributed by atoms with E-state index in [9.17, 15) is 13.2 Å². The zero-order valence-corrected chi connectivity index (χ0v) is 13.7. The van der Waals surface area contributed by atoms with Crippen molar-refractivity contribution >= 4 is 27.1 Å². The van der Waals surface area contributed by atoms with Crippen molar-refractivity contribution in [2.45, 2.75) is 31.8 Å². The first-order chi connectivity index (χ1) is 9.85. The highest BCUT2D eigenvalue weighted by molar-refractivity contribution is 7.91. The molecule has 0 bridgehead atoms. The molecule has 116 valence electrons. The lowest BCUT2D eigenvalue weighted by Gasteiger charge is -2.29. The maximum atomic E-state index is 12.2. The Labute approximate surface area is 129 Å². The number of rotatable bonds is 3. The Morgan fingerprint density at radius 2 is 2.33 bits per heavy atom. The number of nitrogens with zero attached hydrogens (tertiary/aromatic N) is 1. The van der Waals surface area contributed by atoms with Crippen LogP contribution in [0.4, 0.5) is 0 Å². The van der Waals surface area contributed by atoms with Gasteiger partial charge in [-0.3, -0.25) is 9.69 Å². The van der Waals surface area contributed by atoms with E-state index in [1.165, 1.54) is 10.4 Å². The molecule has 1 amide bonds. The molecule has 0 aliphatic carbocycles. The molecule has 2 aliphatic heterocycles. The van der Waals surface area contributed by atoms with Crippen LogP contribution < -0.4 is 5.32 Å². The second-order valence-electron chi connectivity index (χ2n) is 6.28. The standard InChI is InChI=1S/C14H20N2O3S2/c1-14(4-7-21(18,19)10-14)15-13(17)9-16-5-2-12-11(8-16)3-6-20-12/h3,6H,2,4-5,7-10H2,1H3,(H,15,17). The summed E-state index contributed by atoms with van der Waals surface area (Å²) in [6.45, 7) is 3.85. The van der Waals surface area contributed by atoms with Crippen molar-refractivity contribution in [2.24, 2.45) is 0 Å². The zero-order chi connectivity index (χ0) is 15.1. The summed E-state index contributed by atoms with van der Waals surface area (Å²) in [5, 5.41) is 5.01. The molecule has 1 unspecified atom stereocenters. The molecule has 0 saturated carbocycles. The van der Waals surface area contributed by atoms with Crippen molar-refractivity contribution in [3.63, 3.8) is 0 Å². The minimum Gasteiger partial charge on any atom is -0.349 e. The van der Waals surface area contributed by atoms with Crippen molar-refractivity contribution in [1.29, 1.82) is 0 Å². The lowest BCUT2D eigenvalue weighted by atomic mass is 10.0. The van der Waals surface area contributed by atoms with Gasteiger partial charge >= 0.3 is 0 Å². The Morgan fingerprint density at radius 3 is 3.05 bits per heavy atom. The van der Waals surface area contributed by atoms with Crippen LogP contribution in [-0.4, -0.2) is 49.4 Å². The first-order valence-electron chi connectivity index (χ1n) is 7.14. The highest BCUT2D eigenvalue weighted by Gasteiger charge is 2.39. The average Bonchev–Trinajstić information content (AvgIpc) is 2.92. The van der Waals surface area contributed by atoms with E-state index in [4.69, 9.17) is 0 Å². The van der Waals surface area contributed by atoms with Crippen LogP contribution >= 0.6 is 11.3 Å². The van der Waals surface area contributed by atoms with Crippen LogP contribution in [0.15, 0.2) is 11.4 Å². The third-order valence-corrected chi connectivity index (χ3v) is 7.12. The fourth-order valence-electron chi connectivity index (χ4n) is 3.13. The van der Waals surface area contributed by atoms with E-state index < -0.39 is 15.4 Å². The van der Waals surface area contributed by atoms with Gasteiger partial charge in [-0.2, -0.15) is 0 Å². The van der Waals surface area contributed by atoms with Crippen LogP contribution in [0.1, 0.15) is 23.8 Å². The molecule has 1 fully saturated rings. The zero-order valence-electron chi connectivity index (χ0n) is 12.1. The van der Waals surface area contributed by atoms with Gasteiger partial charge in [-0.15, -0.1) is 11.3 Å².